The molecule has 1 heterocycles. The highest BCUT2D eigenvalue weighted by molar-refractivity contribution is 7.99. The van der Waals surface area contributed by atoms with Gasteiger partial charge in [0.2, 0.25) is 0 Å². The molecule has 1 aromatic heterocycles. The fourth-order valence-corrected chi connectivity index (χ4v) is 2.32. The smallest absolute Gasteiger partial charge is 0.117 e. The number of benzene rings is 1. The van der Waals surface area contributed by atoms with E-state index in [1.165, 1.54) is 0 Å². The van der Waals surface area contributed by atoms with Crippen LogP contribution >= 0.6 is 11.8 Å². The minimum Gasteiger partial charge on any atom is -0.388 e. The molecule has 0 aliphatic heterocycles. The molecule has 5 heteroatoms. The van der Waals surface area contributed by atoms with Gasteiger partial charge in [0.15, 0.2) is 0 Å². The third-order valence-electron chi connectivity index (χ3n) is 2.12. The number of fused-ring (bicyclic) bond motifs is 1. The summed E-state index contributed by atoms with van der Waals surface area (Å²) in [5, 5.41) is 9.16. The monoisotopic (exact) mass is 232 g/mol. The van der Waals surface area contributed by atoms with Gasteiger partial charge in [-0.05, 0) is 6.07 Å². The molecule has 3 N–H and O–H groups in total. The van der Waals surface area contributed by atoms with Crippen LogP contribution in [0.1, 0.15) is 6.42 Å². The Morgan fingerprint density at radius 2 is 2.12 bits per heavy atom. The van der Waals surface area contributed by atoms with Gasteiger partial charge in [0.1, 0.15) is 11.4 Å². The standard InChI is InChI=1S/C11H12N4S/c12-10(13)5-6-16-11-8-3-1-2-4-9(8)14-7-15-11/h1-4,7H,5-6H2,(H3,12,13). The van der Waals surface area contributed by atoms with Crippen molar-refractivity contribution in [3.63, 3.8) is 0 Å². The average molecular weight is 232 g/mol. The summed E-state index contributed by atoms with van der Waals surface area (Å²) in [4.78, 5) is 8.44. The molecular weight excluding hydrogens is 220 g/mol. The van der Waals surface area contributed by atoms with Crippen LogP contribution in [-0.2, 0) is 0 Å². The number of aromatic nitrogens is 2. The number of amidine groups is 1. The van der Waals surface area contributed by atoms with Crippen LogP contribution < -0.4 is 5.73 Å². The van der Waals surface area contributed by atoms with Crippen molar-refractivity contribution < 1.29 is 0 Å². The molecule has 2 aromatic rings. The normalized spacial score (nSPS) is 10.5. The van der Waals surface area contributed by atoms with E-state index in [4.69, 9.17) is 11.1 Å². The predicted molar refractivity (Wildman–Crippen MR) is 66.8 cm³/mol. The van der Waals surface area contributed by atoms with Crippen molar-refractivity contribution in [2.24, 2.45) is 5.73 Å². The number of nitrogens with zero attached hydrogens (tertiary/aromatic N) is 2. The zero-order valence-electron chi connectivity index (χ0n) is 8.68. The number of hydrogen-bond donors (Lipinski definition) is 2. The van der Waals surface area contributed by atoms with Gasteiger partial charge in [-0.2, -0.15) is 0 Å². The van der Waals surface area contributed by atoms with E-state index in [1.807, 2.05) is 24.3 Å². The summed E-state index contributed by atoms with van der Waals surface area (Å²) in [7, 11) is 0. The zero-order valence-corrected chi connectivity index (χ0v) is 9.50. The maximum Gasteiger partial charge on any atom is 0.117 e. The molecule has 0 bridgehead atoms. The van der Waals surface area contributed by atoms with E-state index in [2.05, 4.69) is 9.97 Å². The summed E-state index contributed by atoms with van der Waals surface area (Å²) >= 11 is 1.61. The Hall–Kier alpha value is -1.62. The molecule has 0 radical (unpaired) electrons. The third-order valence-corrected chi connectivity index (χ3v) is 3.12. The third kappa shape index (κ3) is 2.49. The van der Waals surface area contributed by atoms with Crippen molar-refractivity contribution in [1.29, 1.82) is 5.41 Å². The van der Waals surface area contributed by atoms with E-state index in [-0.39, 0.29) is 5.84 Å². The molecular formula is C11H12N4S. The highest BCUT2D eigenvalue weighted by atomic mass is 32.2. The lowest BCUT2D eigenvalue weighted by Gasteiger charge is -2.03. The number of rotatable bonds is 4. The highest BCUT2D eigenvalue weighted by Crippen LogP contribution is 2.24. The van der Waals surface area contributed by atoms with Crippen LogP contribution in [0.2, 0.25) is 0 Å². The van der Waals surface area contributed by atoms with Gasteiger partial charge in [-0.25, -0.2) is 9.97 Å². The van der Waals surface area contributed by atoms with Crippen molar-refractivity contribution in [2.45, 2.75) is 11.4 Å². The summed E-state index contributed by atoms with van der Waals surface area (Å²) in [6.07, 6.45) is 2.15. The molecule has 0 amide bonds. The fourth-order valence-electron chi connectivity index (χ4n) is 1.35. The Bertz CT molecular complexity index is 507. The second-order valence-corrected chi connectivity index (χ2v) is 4.40. The highest BCUT2D eigenvalue weighted by Gasteiger charge is 2.03. The van der Waals surface area contributed by atoms with Crippen molar-refractivity contribution >= 4 is 28.5 Å². The molecule has 0 aliphatic rings. The molecule has 0 fully saturated rings. The summed E-state index contributed by atoms with van der Waals surface area (Å²) in [5.74, 6) is 0.988. The zero-order chi connectivity index (χ0) is 11.4. The van der Waals surface area contributed by atoms with Crippen LogP contribution in [0.4, 0.5) is 0 Å². The first-order valence-corrected chi connectivity index (χ1v) is 5.91. The number of nitrogens with one attached hydrogen (secondary N) is 1. The maximum atomic E-state index is 7.15. The summed E-state index contributed by atoms with van der Waals surface area (Å²) < 4.78 is 0. The SMILES string of the molecule is N=C(N)CCSc1ncnc2ccccc12. The van der Waals surface area contributed by atoms with Crippen molar-refractivity contribution in [2.75, 3.05) is 5.75 Å². The van der Waals surface area contributed by atoms with Crippen LogP contribution in [0.3, 0.4) is 0 Å². The molecule has 82 valence electrons. The van der Waals surface area contributed by atoms with Crippen molar-refractivity contribution in [3.05, 3.63) is 30.6 Å². The summed E-state index contributed by atoms with van der Waals surface area (Å²) in [6, 6.07) is 7.90. The van der Waals surface area contributed by atoms with E-state index >= 15 is 0 Å². The van der Waals surface area contributed by atoms with Gasteiger partial charge in [-0.3, -0.25) is 5.41 Å². The fraction of sp³-hybridized carbons (Fsp3) is 0.182. The minimum absolute atomic E-state index is 0.214. The van der Waals surface area contributed by atoms with Crippen molar-refractivity contribution in [3.8, 4) is 0 Å². The van der Waals surface area contributed by atoms with Crippen LogP contribution in [-0.4, -0.2) is 21.6 Å². The van der Waals surface area contributed by atoms with E-state index in [0.717, 1.165) is 21.7 Å². The van der Waals surface area contributed by atoms with E-state index in [0.29, 0.717) is 6.42 Å². The summed E-state index contributed by atoms with van der Waals surface area (Å²) in [6.45, 7) is 0. The second kappa shape index (κ2) is 4.94. The molecule has 16 heavy (non-hydrogen) atoms. The van der Waals surface area contributed by atoms with Crippen LogP contribution in [0, 0.1) is 5.41 Å². The lowest BCUT2D eigenvalue weighted by atomic mass is 10.2. The second-order valence-electron chi connectivity index (χ2n) is 3.32. The Morgan fingerprint density at radius 1 is 1.31 bits per heavy atom. The molecule has 0 spiro atoms. The molecule has 1 aromatic carbocycles. The molecule has 0 unspecified atom stereocenters. The Kier molecular flexibility index (Phi) is 3.36. The van der Waals surface area contributed by atoms with Crippen LogP contribution in [0.25, 0.3) is 10.9 Å². The summed E-state index contributed by atoms with van der Waals surface area (Å²) in [5.41, 5.74) is 6.25. The largest absolute Gasteiger partial charge is 0.388 e. The van der Waals surface area contributed by atoms with Gasteiger partial charge in [-0.15, -0.1) is 11.8 Å². The number of thioether (sulfide) groups is 1. The lowest BCUT2D eigenvalue weighted by Crippen LogP contribution is -2.09. The van der Waals surface area contributed by atoms with Gasteiger partial charge in [0.05, 0.1) is 11.4 Å². The number of nitrogens with two attached hydrogens (primary N) is 1. The molecule has 0 aliphatic carbocycles. The first-order valence-electron chi connectivity index (χ1n) is 4.93. The van der Waals surface area contributed by atoms with Gasteiger partial charge in [-0.1, -0.05) is 18.2 Å². The van der Waals surface area contributed by atoms with E-state index in [1.54, 1.807) is 18.1 Å². The van der Waals surface area contributed by atoms with Crippen molar-refractivity contribution in [1.82, 2.24) is 9.97 Å². The quantitative estimate of drug-likeness (QED) is 0.366. The maximum absolute atomic E-state index is 7.15. The first kappa shape index (κ1) is 10.9. The topological polar surface area (TPSA) is 75.7 Å². The number of hydrogen-bond acceptors (Lipinski definition) is 4. The predicted octanol–water partition coefficient (Wildman–Crippen LogP) is 2.05. The number of para-hydroxylation sites is 1. The Morgan fingerprint density at radius 3 is 2.94 bits per heavy atom. The van der Waals surface area contributed by atoms with Gasteiger partial charge >= 0.3 is 0 Å². The van der Waals surface area contributed by atoms with Crippen LogP contribution in [0.5, 0.6) is 0 Å². The Labute approximate surface area is 97.8 Å². The first-order chi connectivity index (χ1) is 7.77. The van der Waals surface area contributed by atoms with Gasteiger partial charge < -0.3 is 5.73 Å². The van der Waals surface area contributed by atoms with Crippen LogP contribution in [0.15, 0.2) is 35.6 Å². The average Bonchev–Trinajstić information content (AvgIpc) is 2.29. The van der Waals surface area contributed by atoms with E-state index < -0.39 is 0 Å². The van der Waals surface area contributed by atoms with Gasteiger partial charge in [0, 0.05) is 17.6 Å². The molecule has 2 rings (SSSR count). The Balaban J connectivity index is 2.20. The molecule has 0 atom stereocenters. The molecule has 0 saturated heterocycles. The molecule has 0 saturated carbocycles. The lowest BCUT2D eigenvalue weighted by molar-refractivity contribution is 1.10. The minimum atomic E-state index is 0.214. The van der Waals surface area contributed by atoms with Gasteiger partial charge in [0.25, 0.3) is 0 Å². The molecule has 4 nitrogen and oxygen atoms in total. The van der Waals surface area contributed by atoms with E-state index in [9.17, 15) is 0 Å².